The molecule has 1 aliphatic heterocycles. The van der Waals surface area contributed by atoms with E-state index in [1.807, 2.05) is 0 Å². The van der Waals surface area contributed by atoms with Crippen molar-refractivity contribution in [1.29, 1.82) is 0 Å². The molecule has 1 aliphatic rings. The van der Waals surface area contributed by atoms with Gasteiger partial charge in [-0.1, -0.05) is 36.4 Å². The molecule has 0 spiro atoms. The van der Waals surface area contributed by atoms with Gasteiger partial charge in [0.15, 0.2) is 5.69 Å². The van der Waals surface area contributed by atoms with E-state index in [2.05, 4.69) is 15.5 Å². The Labute approximate surface area is 172 Å². The number of benzene rings is 2. The van der Waals surface area contributed by atoms with Gasteiger partial charge in [-0.05, 0) is 17.7 Å². The van der Waals surface area contributed by atoms with Crippen molar-refractivity contribution in [2.75, 3.05) is 26.3 Å². The molecule has 0 atom stereocenters. The smallest absolute Gasteiger partial charge is 0.272 e. The fourth-order valence-electron chi connectivity index (χ4n) is 3.37. The summed E-state index contributed by atoms with van der Waals surface area (Å²) in [6.07, 6.45) is 0. The highest BCUT2D eigenvalue weighted by molar-refractivity contribution is 7.89. The highest BCUT2D eigenvalue weighted by Gasteiger charge is 2.28. The van der Waals surface area contributed by atoms with Gasteiger partial charge in [-0.25, -0.2) is 13.5 Å². The number of hydrogen-bond donors (Lipinski definition) is 2. The molecule has 0 saturated carbocycles. The van der Waals surface area contributed by atoms with E-state index in [1.54, 1.807) is 42.5 Å². The number of nitrogens with one attached hydrogen (secondary N) is 2. The maximum Gasteiger partial charge on any atom is 0.272 e. The van der Waals surface area contributed by atoms with Crippen LogP contribution in [0.25, 0.3) is 10.8 Å². The molecule has 4 rings (SSSR count). The molecule has 0 bridgehead atoms. The minimum Gasteiger partial charge on any atom is -0.379 e. The number of sulfonamides is 1. The number of morpholine rings is 1. The number of aromatic amines is 1. The monoisotopic (exact) mass is 428 g/mol. The van der Waals surface area contributed by atoms with Gasteiger partial charge in [0, 0.05) is 25.0 Å². The van der Waals surface area contributed by atoms with Crippen LogP contribution >= 0.6 is 0 Å². The Morgan fingerprint density at radius 3 is 2.50 bits per heavy atom. The highest BCUT2D eigenvalue weighted by atomic mass is 32.2. The van der Waals surface area contributed by atoms with E-state index in [-0.39, 0.29) is 35.8 Å². The first kappa shape index (κ1) is 20.2. The topological polar surface area (TPSA) is 121 Å². The van der Waals surface area contributed by atoms with E-state index in [0.29, 0.717) is 29.5 Å². The Morgan fingerprint density at radius 1 is 1.07 bits per heavy atom. The third kappa shape index (κ3) is 3.84. The van der Waals surface area contributed by atoms with E-state index in [4.69, 9.17) is 4.74 Å². The van der Waals surface area contributed by atoms with Crippen molar-refractivity contribution in [2.45, 2.75) is 11.4 Å². The van der Waals surface area contributed by atoms with Crippen molar-refractivity contribution in [3.05, 3.63) is 70.1 Å². The molecule has 1 saturated heterocycles. The number of H-pyrrole nitrogens is 1. The van der Waals surface area contributed by atoms with Crippen LogP contribution in [0.2, 0.25) is 0 Å². The van der Waals surface area contributed by atoms with E-state index in [0.717, 1.165) is 0 Å². The Kier molecular flexibility index (Phi) is 5.62. The number of rotatable bonds is 5. The van der Waals surface area contributed by atoms with Crippen LogP contribution in [-0.4, -0.2) is 55.1 Å². The highest BCUT2D eigenvalue weighted by Crippen LogP contribution is 2.21. The van der Waals surface area contributed by atoms with Crippen LogP contribution in [0, 0.1) is 0 Å². The van der Waals surface area contributed by atoms with Crippen molar-refractivity contribution in [3.63, 3.8) is 0 Å². The normalized spacial score (nSPS) is 15.2. The van der Waals surface area contributed by atoms with Crippen molar-refractivity contribution < 1.29 is 17.9 Å². The number of ether oxygens (including phenoxy) is 1. The average molecular weight is 428 g/mol. The summed E-state index contributed by atoms with van der Waals surface area (Å²) in [4.78, 5) is 24.8. The van der Waals surface area contributed by atoms with E-state index >= 15 is 0 Å². The first-order valence-corrected chi connectivity index (χ1v) is 10.8. The summed E-state index contributed by atoms with van der Waals surface area (Å²) < 4.78 is 32.7. The summed E-state index contributed by atoms with van der Waals surface area (Å²) in [5, 5.41) is 9.68. The number of amides is 1. The van der Waals surface area contributed by atoms with Gasteiger partial charge in [-0.3, -0.25) is 9.59 Å². The summed E-state index contributed by atoms with van der Waals surface area (Å²) in [5.41, 5.74) is 0.147. The zero-order valence-electron chi connectivity index (χ0n) is 16.0. The first-order valence-electron chi connectivity index (χ1n) is 9.40. The maximum atomic E-state index is 13.0. The Morgan fingerprint density at radius 2 is 1.73 bits per heavy atom. The van der Waals surface area contributed by atoms with Gasteiger partial charge in [0.1, 0.15) is 0 Å². The molecular formula is C20H20N4O5S. The molecule has 0 radical (unpaired) electrons. The first-order chi connectivity index (χ1) is 14.5. The quantitative estimate of drug-likeness (QED) is 0.622. The minimum atomic E-state index is -3.71. The molecular weight excluding hydrogens is 408 g/mol. The standard InChI is InChI=1S/C20H20N4O5S/c25-19-16-7-3-2-6-15(16)18(22-23-19)20(26)21-13-14-5-1-4-8-17(14)30(27,28)24-9-11-29-12-10-24/h1-8H,9-13H2,(H,21,26)(H,23,25). The maximum absolute atomic E-state index is 13.0. The van der Waals surface area contributed by atoms with Crippen molar-refractivity contribution >= 4 is 26.7 Å². The summed E-state index contributed by atoms with van der Waals surface area (Å²) in [5.74, 6) is -0.513. The molecule has 0 aliphatic carbocycles. The van der Waals surface area contributed by atoms with Crippen LogP contribution in [0.1, 0.15) is 16.1 Å². The Balaban J connectivity index is 1.59. The van der Waals surface area contributed by atoms with Crippen molar-refractivity contribution in [1.82, 2.24) is 19.8 Å². The molecule has 1 fully saturated rings. The summed E-state index contributed by atoms with van der Waals surface area (Å²) >= 11 is 0. The second-order valence-corrected chi connectivity index (χ2v) is 8.66. The molecule has 30 heavy (non-hydrogen) atoms. The fourth-order valence-corrected chi connectivity index (χ4v) is 5.00. The fraction of sp³-hybridized carbons (Fsp3) is 0.250. The van der Waals surface area contributed by atoms with E-state index < -0.39 is 15.9 Å². The lowest BCUT2D eigenvalue weighted by Gasteiger charge is -2.27. The number of nitrogens with zero attached hydrogens (tertiary/aromatic N) is 2. The van der Waals surface area contributed by atoms with Crippen LogP contribution in [0.4, 0.5) is 0 Å². The second kappa shape index (κ2) is 8.34. The number of carbonyl (C=O) groups is 1. The number of hydrogen-bond acceptors (Lipinski definition) is 6. The minimum absolute atomic E-state index is 0.00624. The van der Waals surface area contributed by atoms with Gasteiger partial charge in [0.25, 0.3) is 11.5 Å². The van der Waals surface area contributed by atoms with E-state index in [9.17, 15) is 18.0 Å². The molecule has 3 aromatic rings. The lowest BCUT2D eigenvalue weighted by molar-refractivity contribution is 0.0730. The zero-order valence-corrected chi connectivity index (χ0v) is 16.8. The average Bonchev–Trinajstić information content (AvgIpc) is 2.78. The van der Waals surface area contributed by atoms with Gasteiger partial charge < -0.3 is 10.1 Å². The summed E-state index contributed by atoms with van der Waals surface area (Å²) in [7, 11) is -3.71. The lowest BCUT2D eigenvalue weighted by Crippen LogP contribution is -2.41. The van der Waals surface area contributed by atoms with Crippen molar-refractivity contribution in [2.24, 2.45) is 0 Å². The molecule has 9 nitrogen and oxygen atoms in total. The molecule has 2 N–H and O–H groups in total. The lowest BCUT2D eigenvalue weighted by atomic mass is 10.1. The molecule has 0 unspecified atom stereocenters. The number of carbonyl (C=O) groups excluding carboxylic acids is 1. The predicted molar refractivity (Wildman–Crippen MR) is 110 cm³/mol. The number of fused-ring (bicyclic) bond motifs is 1. The summed E-state index contributed by atoms with van der Waals surface area (Å²) in [6, 6.07) is 13.2. The molecule has 156 valence electrons. The molecule has 2 aromatic carbocycles. The predicted octanol–water partition coefficient (Wildman–Crippen LogP) is 0.874. The largest absolute Gasteiger partial charge is 0.379 e. The third-order valence-corrected chi connectivity index (χ3v) is 6.91. The van der Waals surface area contributed by atoms with Crippen LogP contribution in [0.5, 0.6) is 0 Å². The number of aromatic nitrogens is 2. The van der Waals surface area contributed by atoms with Crippen LogP contribution < -0.4 is 10.9 Å². The van der Waals surface area contributed by atoms with Gasteiger partial charge in [-0.15, -0.1) is 0 Å². The molecule has 10 heteroatoms. The Bertz CT molecular complexity index is 1250. The summed E-state index contributed by atoms with van der Waals surface area (Å²) in [6.45, 7) is 1.27. The molecule has 1 amide bonds. The van der Waals surface area contributed by atoms with Crippen LogP contribution in [0.15, 0.2) is 58.2 Å². The van der Waals surface area contributed by atoms with Gasteiger partial charge in [-0.2, -0.15) is 9.40 Å². The SMILES string of the molecule is O=C(NCc1ccccc1S(=O)(=O)N1CCOCC1)c1n[nH]c(=O)c2ccccc12. The molecule has 2 heterocycles. The van der Waals surface area contributed by atoms with Gasteiger partial charge >= 0.3 is 0 Å². The molecule has 1 aromatic heterocycles. The van der Waals surface area contributed by atoms with E-state index in [1.165, 1.54) is 10.4 Å². The van der Waals surface area contributed by atoms with Gasteiger partial charge in [0.2, 0.25) is 10.0 Å². The van der Waals surface area contributed by atoms with Crippen LogP contribution in [-0.2, 0) is 21.3 Å². The van der Waals surface area contributed by atoms with Crippen molar-refractivity contribution in [3.8, 4) is 0 Å². The Hall–Kier alpha value is -3.08. The third-order valence-electron chi connectivity index (χ3n) is 4.91. The van der Waals surface area contributed by atoms with Gasteiger partial charge in [0.05, 0.1) is 23.5 Å². The second-order valence-electron chi connectivity index (χ2n) is 6.75. The zero-order chi connectivity index (χ0) is 21.1. The van der Waals surface area contributed by atoms with Crippen LogP contribution in [0.3, 0.4) is 0 Å².